The van der Waals surface area contributed by atoms with Crippen molar-refractivity contribution in [2.24, 2.45) is 5.92 Å². The van der Waals surface area contributed by atoms with Gasteiger partial charge in [0, 0.05) is 37.0 Å². The van der Waals surface area contributed by atoms with Gasteiger partial charge in [-0.05, 0) is 44.0 Å². The Morgan fingerprint density at radius 1 is 1.24 bits per heavy atom. The standard InChI is InChI=1S/C20H26N2O2S/c1-16-4-6-18(7-5-16)22-11-8-17(9-12-22)20(23)21-10-14-25-15-19-3-2-13-24-19/h2-7,13,17H,8-12,14-15H2,1H3,(H,21,23). The molecule has 0 bridgehead atoms. The molecule has 0 atom stereocenters. The Morgan fingerprint density at radius 2 is 2.00 bits per heavy atom. The van der Waals surface area contributed by atoms with E-state index in [0.717, 1.165) is 49.7 Å². The number of hydrogen-bond acceptors (Lipinski definition) is 4. The molecule has 1 N–H and O–H groups in total. The summed E-state index contributed by atoms with van der Waals surface area (Å²) in [5.41, 5.74) is 2.54. The number of piperidine rings is 1. The largest absolute Gasteiger partial charge is 0.468 e. The minimum absolute atomic E-state index is 0.150. The highest BCUT2D eigenvalue weighted by Crippen LogP contribution is 2.23. The fourth-order valence-electron chi connectivity index (χ4n) is 3.11. The fraction of sp³-hybridized carbons (Fsp3) is 0.450. The van der Waals surface area contributed by atoms with Gasteiger partial charge >= 0.3 is 0 Å². The molecule has 0 unspecified atom stereocenters. The summed E-state index contributed by atoms with van der Waals surface area (Å²) in [6, 6.07) is 12.5. The number of furan rings is 1. The number of thioether (sulfide) groups is 1. The zero-order chi connectivity index (χ0) is 17.5. The molecule has 25 heavy (non-hydrogen) atoms. The second-order valence-corrected chi connectivity index (χ2v) is 7.63. The lowest BCUT2D eigenvalue weighted by molar-refractivity contribution is -0.125. The maximum absolute atomic E-state index is 12.3. The van der Waals surface area contributed by atoms with Crippen molar-refractivity contribution in [1.82, 2.24) is 5.32 Å². The molecule has 1 aliphatic rings. The molecule has 1 aromatic heterocycles. The first-order valence-corrected chi connectivity index (χ1v) is 10.1. The summed E-state index contributed by atoms with van der Waals surface area (Å²) in [4.78, 5) is 14.7. The molecule has 0 radical (unpaired) electrons. The highest BCUT2D eigenvalue weighted by atomic mass is 32.2. The van der Waals surface area contributed by atoms with Crippen molar-refractivity contribution in [3.8, 4) is 0 Å². The van der Waals surface area contributed by atoms with Crippen LogP contribution in [0.2, 0.25) is 0 Å². The molecule has 0 aliphatic carbocycles. The number of aryl methyl sites for hydroxylation is 1. The van der Waals surface area contributed by atoms with Crippen molar-refractivity contribution < 1.29 is 9.21 Å². The quantitative estimate of drug-likeness (QED) is 0.764. The van der Waals surface area contributed by atoms with Crippen molar-refractivity contribution in [1.29, 1.82) is 0 Å². The first-order chi connectivity index (χ1) is 12.2. The number of carbonyl (C=O) groups is 1. The van der Waals surface area contributed by atoms with Gasteiger partial charge in [-0.2, -0.15) is 11.8 Å². The Bertz CT molecular complexity index is 647. The van der Waals surface area contributed by atoms with Gasteiger partial charge in [0.15, 0.2) is 0 Å². The number of anilines is 1. The van der Waals surface area contributed by atoms with Gasteiger partial charge in [-0.3, -0.25) is 4.79 Å². The van der Waals surface area contributed by atoms with Gasteiger partial charge in [0.05, 0.1) is 12.0 Å². The third-order valence-corrected chi connectivity index (χ3v) is 5.62. The molecule has 134 valence electrons. The van der Waals surface area contributed by atoms with Crippen LogP contribution in [0.4, 0.5) is 5.69 Å². The Labute approximate surface area is 154 Å². The van der Waals surface area contributed by atoms with E-state index in [1.807, 2.05) is 12.1 Å². The molecule has 1 fully saturated rings. The van der Waals surface area contributed by atoms with E-state index in [2.05, 4.69) is 41.4 Å². The van der Waals surface area contributed by atoms with Crippen LogP contribution in [0.5, 0.6) is 0 Å². The Morgan fingerprint density at radius 3 is 2.68 bits per heavy atom. The number of benzene rings is 1. The van der Waals surface area contributed by atoms with Crippen LogP contribution in [0, 0.1) is 12.8 Å². The second kappa shape index (κ2) is 8.99. The number of rotatable bonds is 7. The average molecular weight is 359 g/mol. The lowest BCUT2D eigenvalue weighted by atomic mass is 9.95. The van der Waals surface area contributed by atoms with Crippen LogP contribution in [0.1, 0.15) is 24.2 Å². The SMILES string of the molecule is Cc1ccc(N2CCC(C(=O)NCCSCc3ccco3)CC2)cc1. The van der Waals surface area contributed by atoms with E-state index in [-0.39, 0.29) is 11.8 Å². The minimum atomic E-state index is 0.150. The predicted molar refractivity (Wildman–Crippen MR) is 104 cm³/mol. The summed E-state index contributed by atoms with van der Waals surface area (Å²) in [6.07, 6.45) is 3.55. The van der Waals surface area contributed by atoms with Gasteiger partial charge in [0.2, 0.25) is 5.91 Å². The molecule has 1 aliphatic heterocycles. The molecule has 1 amide bonds. The highest BCUT2D eigenvalue weighted by Gasteiger charge is 2.24. The maximum atomic E-state index is 12.3. The zero-order valence-electron chi connectivity index (χ0n) is 14.7. The van der Waals surface area contributed by atoms with Gasteiger partial charge in [0.25, 0.3) is 0 Å². The normalized spacial score (nSPS) is 15.3. The van der Waals surface area contributed by atoms with E-state index in [1.54, 1.807) is 18.0 Å². The van der Waals surface area contributed by atoms with Crippen LogP contribution < -0.4 is 10.2 Å². The summed E-state index contributed by atoms with van der Waals surface area (Å²) in [6.45, 7) is 4.73. The lowest BCUT2D eigenvalue weighted by Gasteiger charge is -2.33. The molecule has 2 heterocycles. The summed E-state index contributed by atoms with van der Waals surface area (Å²) in [7, 11) is 0. The molecule has 3 rings (SSSR count). The van der Waals surface area contributed by atoms with Crippen molar-refractivity contribution in [3.05, 3.63) is 54.0 Å². The predicted octanol–water partition coefficient (Wildman–Crippen LogP) is 3.85. The van der Waals surface area contributed by atoms with Gasteiger partial charge in [-0.1, -0.05) is 17.7 Å². The first kappa shape index (κ1) is 17.9. The van der Waals surface area contributed by atoms with Crippen molar-refractivity contribution in [2.75, 3.05) is 30.3 Å². The third kappa shape index (κ3) is 5.30. The molecule has 2 aromatic rings. The number of nitrogens with one attached hydrogen (secondary N) is 1. The number of hydrogen-bond donors (Lipinski definition) is 1. The zero-order valence-corrected chi connectivity index (χ0v) is 15.6. The first-order valence-electron chi connectivity index (χ1n) is 8.92. The summed E-state index contributed by atoms with van der Waals surface area (Å²) < 4.78 is 5.30. The average Bonchev–Trinajstić information content (AvgIpc) is 3.15. The smallest absolute Gasteiger partial charge is 0.223 e. The molecule has 1 aromatic carbocycles. The molecular formula is C20H26N2O2S. The molecule has 1 saturated heterocycles. The summed E-state index contributed by atoms with van der Waals surface area (Å²) >= 11 is 1.78. The Kier molecular flexibility index (Phi) is 6.45. The van der Waals surface area contributed by atoms with Gasteiger partial charge in [-0.15, -0.1) is 0 Å². The van der Waals surface area contributed by atoms with Crippen molar-refractivity contribution in [3.63, 3.8) is 0 Å². The maximum Gasteiger partial charge on any atom is 0.223 e. The third-order valence-electron chi connectivity index (χ3n) is 4.63. The van der Waals surface area contributed by atoms with E-state index >= 15 is 0 Å². The van der Waals surface area contributed by atoms with E-state index in [4.69, 9.17) is 4.42 Å². The van der Waals surface area contributed by atoms with Crippen molar-refractivity contribution in [2.45, 2.75) is 25.5 Å². The van der Waals surface area contributed by atoms with E-state index in [0.29, 0.717) is 0 Å². The number of nitrogens with zero attached hydrogens (tertiary/aromatic N) is 1. The Balaban J connectivity index is 1.33. The van der Waals surface area contributed by atoms with Crippen molar-refractivity contribution >= 4 is 23.4 Å². The van der Waals surface area contributed by atoms with Gasteiger partial charge in [0.1, 0.15) is 5.76 Å². The summed E-state index contributed by atoms with van der Waals surface area (Å²) in [5.74, 6) is 3.12. The van der Waals surface area contributed by atoms with Crippen LogP contribution in [0.25, 0.3) is 0 Å². The minimum Gasteiger partial charge on any atom is -0.468 e. The van der Waals surface area contributed by atoms with E-state index < -0.39 is 0 Å². The van der Waals surface area contributed by atoms with Crippen LogP contribution in [-0.2, 0) is 10.5 Å². The topological polar surface area (TPSA) is 45.5 Å². The highest BCUT2D eigenvalue weighted by molar-refractivity contribution is 7.98. The van der Waals surface area contributed by atoms with Crippen LogP contribution in [0.15, 0.2) is 47.1 Å². The second-order valence-electron chi connectivity index (χ2n) is 6.52. The fourth-order valence-corrected chi connectivity index (χ4v) is 3.87. The van der Waals surface area contributed by atoms with E-state index in [9.17, 15) is 4.79 Å². The van der Waals surface area contributed by atoms with Crippen LogP contribution >= 0.6 is 11.8 Å². The molecule has 0 spiro atoms. The molecule has 0 saturated carbocycles. The Hall–Kier alpha value is -1.88. The molecule has 4 nitrogen and oxygen atoms in total. The van der Waals surface area contributed by atoms with Gasteiger partial charge in [-0.25, -0.2) is 0 Å². The molecule has 5 heteroatoms. The van der Waals surface area contributed by atoms with Crippen LogP contribution in [-0.4, -0.2) is 31.3 Å². The molecular weight excluding hydrogens is 332 g/mol. The van der Waals surface area contributed by atoms with Gasteiger partial charge < -0.3 is 14.6 Å². The summed E-state index contributed by atoms with van der Waals surface area (Å²) in [5, 5.41) is 3.09. The monoisotopic (exact) mass is 358 g/mol. The van der Waals surface area contributed by atoms with Crippen LogP contribution in [0.3, 0.4) is 0 Å². The number of amides is 1. The number of carbonyl (C=O) groups excluding carboxylic acids is 1. The lowest BCUT2D eigenvalue weighted by Crippen LogP contribution is -2.41. The van der Waals surface area contributed by atoms with E-state index in [1.165, 1.54) is 11.3 Å².